The number of esters is 1. The van der Waals surface area contributed by atoms with Crippen LogP contribution in [0.4, 0.5) is 10.5 Å². The van der Waals surface area contributed by atoms with Gasteiger partial charge < -0.3 is 4.74 Å². The van der Waals surface area contributed by atoms with Crippen molar-refractivity contribution < 1.29 is 23.9 Å². The maximum absolute atomic E-state index is 12.4. The van der Waals surface area contributed by atoms with Gasteiger partial charge in [-0.15, -0.1) is 11.8 Å². The first-order chi connectivity index (χ1) is 14.4. The van der Waals surface area contributed by atoms with Crippen LogP contribution in [0.15, 0.2) is 48.5 Å². The molecule has 2 aliphatic rings. The lowest BCUT2D eigenvalue weighted by atomic mass is 10.1. The van der Waals surface area contributed by atoms with Gasteiger partial charge in [0.25, 0.3) is 5.24 Å². The van der Waals surface area contributed by atoms with Crippen molar-refractivity contribution >= 4 is 52.2 Å². The Hall–Kier alpha value is -2.78. The predicted octanol–water partition coefficient (Wildman–Crippen LogP) is 3.42. The van der Waals surface area contributed by atoms with Crippen LogP contribution in [0.5, 0.6) is 5.75 Å². The largest absolute Gasteiger partial charge is 0.426 e. The molecule has 0 radical (unpaired) electrons. The standard InChI is InChI=1S/C21H18N2O5S2/c1-12-2-6-14(7-3-12)23-17(24)11-29-20(23)13-4-8-15(9-5-13)28-18(25)10-16-19(26)22-21(27)30-16/h2-9,16,20H,10-11H2,1H3,(H,22,26,27)/t16-,20-/m0/s1. The lowest BCUT2D eigenvalue weighted by Gasteiger charge is -2.24. The van der Waals surface area contributed by atoms with Crippen molar-refractivity contribution in [3.8, 4) is 5.75 Å². The highest BCUT2D eigenvalue weighted by atomic mass is 32.2. The summed E-state index contributed by atoms with van der Waals surface area (Å²) in [6.07, 6.45) is -0.182. The molecule has 154 valence electrons. The topological polar surface area (TPSA) is 92.8 Å². The third-order valence-electron chi connectivity index (χ3n) is 4.70. The van der Waals surface area contributed by atoms with E-state index in [4.69, 9.17) is 4.74 Å². The van der Waals surface area contributed by atoms with E-state index in [-0.39, 0.29) is 17.7 Å². The zero-order chi connectivity index (χ0) is 21.3. The van der Waals surface area contributed by atoms with E-state index >= 15 is 0 Å². The van der Waals surface area contributed by atoms with Crippen LogP contribution in [0.1, 0.15) is 22.9 Å². The SMILES string of the molecule is Cc1ccc(N2C(=O)CS[C@H]2c2ccc(OC(=O)C[C@@H]3SC(=O)NC3=O)cc2)cc1. The van der Waals surface area contributed by atoms with Gasteiger partial charge in [-0.25, -0.2) is 0 Å². The van der Waals surface area contributed by atoms with Gasteiger partial charge in [-0.05, 0) is 36.8 Å². The van der Waals surface area contributed by atoms with Crippen LogP contribution >= 0.6 is 23.5 Å². The third kappa shape index (κ3) is 4.36. The number of imide groups is 1. The Morgan fingerprint density at radius 2 is 1.80 bits per heavy atom. The Labute approximate surface area is 181 Å². The molecule has 2 saturated heterocycles. The Morgan fingerprint density at radius 3 is 2.43 bits per heavy atom. The van der Waals surface area contributed by atoms with Crippen LogP contribution in [0.3, 0.4) is 0 Å². The van der Waals surface area contributed by atoms with Crippen molar-refractivity contribution in [1.82, 2.24) is 5.32 Å². The first kappa shape index (κ1) is 20.5. The fourth-order valence-corrected chi connectivity index (χ4v) is 5.19. The van der Waals surface area contributed by atoms with Crippen molar-refractivity contribution in [3.63, 3.8) is 0 Å². The molecular formula is C21H18N2O5S2. The first-order valence-electron chi connectivity index (χ1n) is 9.23. The smallest absolute Gasteiger partial charge is 0.312 e. The van der Waals surface area contributed by atoms with E-state index in [1.807, 2.05) is 43.3 Å². The number of hydrogen-bond acceptors (Lipinski definition) is 7. The predicted molar refractivity (Wildman–Crippen MR) is 115 cm³/mol. The maximum Gasteiger partial charge on any atom is 0.312 e. The molecular weight excluding hydrogens is 424 g/mol. The summed E-state index contributed by atoms with van der Waals surface area (Å²) in [5.41, 5.74) is 2.89. The number of carbonyl (C=O) groups is 4. The summed E-state index contributed by atoms with van der Waals surface area (Å²) in [5, 5.41) is 0.773. The molecule has 30 heavy (non-hydrogen) atoms. The minimum Gasteiger partial charge on any atom is -0.426 e. The van der Waals surface area contributed by atoms with Gasteiger partial charge in [0.2, 0.25) is 11.8 Å². The van der Waals surface area contributed by atoms with E-state index in [0.717, 1.165) is 28.6 Å². The van der Waals surface area contributed by atoms with Gasteiger partial charge in [0.15, 0.2) is 0 Å². The molecule has 0 spiro atoms. The van der Waals surface area contributed by atoms with E-state index < -0.39 is 22.4 Å². The van der Waals surface area contributed by atoms with Gasteiger partial charge in [0.05, 0.1) is 12.2 Å². The highest BCUT2D eigenvalue weighted by molar-refractivity contribution is 8.15. The quantitative estimate of drug-likeness (QED) is 0.560. The second-order valence-corrected chi connectivity index (χ2v) is 9.14. The van der Waals surface area contributed by atoms with Crippen molar-refractivity contribution in [2.75, 3.05) is 10.7 Å². The van der Waals surface area contributed by atoms with Crippen molar-refractivity contribution in [2.24, 2.45) is 0 Å². The van der Waals surface area contributed by atoms with Gasteiger partial charge in [-0.3, -0.25) is 29.4 Å². The zero-order valence-electron chi connectivity index (χ0n) is 16.0. The molecule has 0 bridgehead atoms. The van der Waals surface area contributed by atoms with Crippen LogP contribution in [-0.4, -0.2) is 34.0 Å². The molecule has 0 unspecified atom stereocenters. The highest BCUT2D eigenvalue weighted by Gasteiger charge is 2.35. The number of hydrogen-bond donors (Lipinski definition) is 1. The minimum atomic E-state index is -0.756. The number of ether oxygens (including phenoxy) is 1. The van der Waals surface area contributed by atoms with Crippen LogP contribution in [0, 0.1) is 6.92 Å². The van der Waals surface area contributed by atoms with E-state index in [9.17, 15) is 19.2 Å². The first-order valence-corrected chi connectivity index (χ1v) is 11.2. The molecule has 4 rings (SSSR count). The molecule has 0 aliphatic carbocycles. The summed E-state index contributed by atoms with van der Waals surface area (Å²) in [7, 11) is 0. The molecule has 0 aromatic heterocycles. The van der Waals surface area contributed by atoms with Gasteiger partial charge in [-0.2, -0.15) is 0 Å². The van der Waals surface area contributed by atoms with Crippen LogP contribution in [0.25, 0.3) is 0 Å². The van der Waals surface area contributed by atoms with E-state index in [1.54, 1.807) is 28.8 Å². The van der Waals surface area contributed by atoms with E-state index in [1.165, 1.54) is 0 Å². The van der Waals surface area contributed by atoms with Gasteiger partial charge in [0.1, 0.15) is 16.4 Å². The lowest BCUT2D eigenvalue weighted by molar-refractivity contribution is -0.135. The molecule has 3 amide bonds. The van der Waals surface area contributed by atoms with Gasteiger partial charge >= 0.3 is 5.97 Å². The minimum absolute atomic E-state index is 0.0474. The number of carbonyl (C=O) groups excluding carboxylic acids is 4. The highest BCUT2D eigenvalue weighted by Crippen LogP contribution is 2.42. The summed E-state index contributed by atoms with van der Waals surface area (Å²) in [6.45, 7) is 2.00. The second kappa shape index (κ2) is 8.53. The van der Waals surface area contributed by atoms with Crippen LogP contribution < -0.4 is 15.0 Å². The lowest BCUT2D eigenvalue weighted by Crippen LogP contribution is -2.27. The molecule has 0 saturated carbocycles. The van der Waals surface area contributed by atoms with Crippen molar-refractivity contribution in [2.45, 2.75) is 24.0 Å². The molecule has 1 N–H and O–H groups in total. The summed E-state index contributed by atoms with van der Waals surface area (Å²) in [5.74, 6) is -0.274. The van der Waals surface area contributed by atoms with Crippen molar-refractivity contribution in [1.29, 1.82) is 0 Å². The number of nitrogens with one attached hydrogen (secondary N) is 1. The Kier molecular flexibility index (Phi) is 5.83. The zero-order valence-corrected chi connectivity index (χ0v) is 17.6. The fourth-order valence-electron chi connectivity index (χ4n) is 3.21. The number of rotatable bonds is 5. The van der Waals surface area contributed by atoms with Gasteiger partial charge in [-0.1, -0.05) is 41.6 Å². The maximum atomic E-state index is 12.4. The molecule has 9 heteroatoms. The van der Waals surface area contributed by atoms with Crippen LogP contribution in [0.2, 0.25) is 0 Å². The summed E-state index contributed by atoms with van der Waals surface area (Å²) < 4.78 is 5.29. The van der Waals surface area contributed by atoms with E-state index in [2.05, 4.69) is 5.32 Å². The molecule has 2 aromatic carbocycles. The number of anilines is 1. The van der Waals surface area contributed by atoms with E-state index in [0.29, 0.717) is 11.5 Å². The number of thioether (sulfide) groups is 2. The summed E-state index contributed by atoms with van der Waals surface area (Å²) in [6, 6.07) is 14.8. The summed E-state index contributed by atoms with van der Waals surface area (Å²) in [4.78, 5) is 49.1. The van der Waals surface area contributed by atoms with Gasteiger partial charge in [0, 0.05) is 5.69 Å². The number of aryl methyl sites for hydroxylation is 1. The normalized spacial score (nSPS) is 21.1. The Morgan fingerprint density at radius 1 is 1.10 bits per heavy atom. The molecule has 2 aliphatic heterocycles. The molecule has 2 atom stereocenters. The average Bonchev–Trinajstić information content (AvgIpc) is 3.24. The molecule has 2 aromatic rings. The molecule has 2 fully saturated rings. The second-order valence-electron chi connectivity index (χ2n) is 6.89. The fraction of sp³-hybridized carbons (Fsp3) is 0.238. The molecule has 2 heterocycles. The van der Waals surface area contributed by atoms with Crippen LogP contribution in [-0.2, 0) is 14.4 Å². The molecule has 7 nitrogen and oxygen atoms in total. The van der Waals surface area contributed by atoms with Crippen molar-refractivity contribution in [3.05, 3.63) is 59.7 Å². The Bertz CT molecular complexity index is 1010. The number of benzene rings is 2. The average molecular weight is 443 g/mol. The monoisotopic (exact) mass is 442 g/mol. The Balaban J connectivity index is 1.43. The third-order valence-corrected chi connectivity index (χ3v) is 6.89. The number of amides is 3. The number of nitrogens with zero attached hydrogens (tertiary/aromatic N) is 1. The summed E-state index contributed by atoms with van der Waals surface area (Å²) >= 11 is 2.33.